The highest BCUT2D eigenvalue weighted by atomic mass is 16.1. The molecule has 30 heavy (non-hydrogen) atoms. The van der Waals surface area contributed by atoms with Gasteiger partial charge in [0.2, 0.25) is 0 Å². The minimum absolute atomic E-state index is 0.0971. The van der Waals surface area contributed by atoms with E-state index in [0.717, 1.165) is 28.7 Å². The molecule has 1 amide bonds. The summed E-state index contributed by atoms with van der Waals surface area (Å²) in [5.41, 5.74) is 7.51. The lowest BCUT2D eigenvalue weighted by Crippen LogP contribution is -2.45. The fraction of sp³-hybridized carbons (Fsp3) is 0.385. The van der Waals surface area contributed by atoms with Crippen molar-refractivity contribution in [3.63, 3.8) is 0 Å². The summed E-state index contributed by atoms with van der Waals surface area (Å²) in [6.07, 6.45) is 2.76. The number of carbonyl (C=O) groups is 1. The molecular weight excluding hydrogens is 370 g/mol. The first-order valence-electron chi connectivity index (χ1n) is 10.4. The van der Waals surface area contributed by atoms with Crippen LogP contribution in [0.4, 0.5) is 11.4 Å². The topological polar surface area (TPSA) is 56.1 Å². The molecule has 156 valence electrons. The van der Waals surface area contributed by atoms with Crippen molar-refractivity contribution < 1.29 is 4.79 Å². The molecule has 2 aromatic rings. The van der Waals surface area contributed by atoms with Crippen molar-refractivity contribution in [1.29, 1.82) is 5.26 Å². The Kier molecular flexibility index (Phi) is 5.76. The lowest BCUT2D eigenvalue weighted by atomic mass is 9.79. The second kappa shape index (κ2) is 7.99. The normalized spacial score (nSPS) is 17.9. The SMILES string of the molecule is Cc1cc(C)cc(NC(=O)/C(C#N)=C/c2cc3c(cc2C)N(C)C(C)(C)CC3C)c1. The van der Waals surface area contributed by atoms with Gasteiger partial charge in [0.1, 0.15) is 11.6 Å². The van der Waals surface area contributed by atoms with Gasteiger partial charge in [0.25, 0.3) is 5.91 Å². The first-order valence-corrected chi connectivity index (χ1v) is 10.4. The molecule has 1 aliphatic heterocycles. The summed E-state index contributed by atoms with van der Waals surface area (Å²) >= 11 is 0. The van der Waals surface area contributed by atoms with Crippen LogP contribution in [0.25, 0.3) is 6.08 Å². The zero-order chi connectivity index (χ0) is 22.2. The van der Waals surface area contributed by atoms with E-state index in [9.17, 15) is 10.1 Å². The zero-order valence-corrected chi connectivity index (χ0v) is 19.1. The Labute approximate surface area is 180 Å². The second-order valence-electron chi connectivity index (χ2n) is 9.24. The molecule has 0 saturated heterocycles. The number of amides is 1. The van der Waals surface area contributed by atoms with E-state index in [0.29, 0.717) is 11.6 Å². The van der Waals surface area contributed by atoms with Gasteiger partial charge in [0.05, 0.1) is 0 Å². The fourth-order valence-corrected chi connectivity index (χ4v) is 4.44. The van der Waals surface area contributed by atoms with Crippen LogP contribution in [0, 0.1) is 32.1 Å². The predicted molar refractivity (Wildman–Crippen MR) is 125 cm³/mol. The summed E-state index contributed by atoms with van der Waals surface area (Å²) in [6.45, 7) is 12.8. The minimum Gasteiger partial charge on any atom is -0.369 e. The quantitative estimate of drug-likeness (QED) is 0.516. The van der Waals surface area contributed by atoms with Crippen LogP contribution in [0.5, 0.6) is 0 Å². The third kappa shape index (κ3) is 4.26. The summed E-state index contributed by atoms with van der Waals surface area (Å²) in [7, 11) is 2.14. The molecule has 1 N–H and O–H groups in total. The van der Waals surface area contributed by atoms with Crippen LogP contribution in [0.15, 0.2) is 35.9 Å². The maximum absolute atomic E-state index is 12.8. The van der Waals surface area contributed by atoms with Gasteiger partial charge in [-0.05, 0) is 105 Å². The average Bonchev–Trinajstić information content (AvgIpc) is 2.63. The monoisotopic (exact) mass is 401 g/mol. The summed E-state index contributed by atoms with van der Waals surface area (Å²) in [5.74, 6) is 0.0273. The smallest absolute Gasteiger partial charge is 0.266 e. The van der Waals surface area contributed by atoms with E-state index in [4.69, 9.17) is 0 Å². The number of hydrogen-bond acceptors (Lipinski definition) is 3. The predicted octanol–water partition coefficient (Wildman–Crippen LogP) is 5.88. The summed E-state index contributed by atoms with van der Waals surface area (Å²) < 4.78 is 0. The number of carbonyl (C=O) groups excluding carboxylic acids is 1. The molecule has 1 atom stereocenters. The summed E-state index contributed by atoms with van der Waals surface area (Å²) in [6, 6.07) is 12.3. The number of aryl methyl sites for hydroxylation is 3. The third-order valence-corrected chi connectivity index (χ3v) is 6.17. The van der Waals surface area contributed by atoms with Crippen molar-refractivity contribution in [2.75, 3.05) is 17.3 Å². The molecule has 1 heterocycles. The van der Waals surface area contributed by atoms with Crippen LogP contribution in [0.3, 0.4) is 0 Å². The molecule has 1 unspecified atom stereocenters. The molecule has 0 saturated carbocycles. The number of rotatable bonds is 3. The molecular formula is C26H31N3O. The maximum Gasteiger partial charge on any atom is 0.266 e. The van der Waals surface area contributed by atoms with Crippen LogP contribution < -0.4 is 10.2 Å². The van der Waals surface area contributed by atoms with Crippen molar-refractivity contribution >= 4 is 23.4 Å². The van der Waals surface area contributed by atoms with Gasteiger partial charge in [-0.3, -0.25) is 4.79 Å². The number of hydrogen-bond donors (Lipinski definition) is 1. The van der Waals surface area contributed by atoms with Gasteiger partial charge in [0.15, 0.2) is 0 Å². The zero-order valence-electron chi connectivity index (χ0n) is 19.1. The Morgan fingerprint density at radius 1 is 1.17 bits per heavy atom. The number of nitrogens with zero attached hydrogens (tertiary/aromatic N) is 2. The standard InChI is InChI=1S/C26H31N3O/c1-16-8-17(2)10-22(9-16)28-25(30)21(15-27)12-20-13-23-19(4)14-26(5,6)29(7)24(23)11-18(20)3/h8-13,19H,14H2,1-7H3,(H,28,30)/b21-12+. The number of nitrogens with one attached hydrogen (secondary N) is 1. The lowest BCUT2D eigenvalue weighted by Gasteiger charge is -2.45. The Hall–Kier alpha value is -3.06. The Morgan fingerprint density at radius 2 is 1.80 bits per heavy atom. The van der Waals surface area contributed by atoms with Gasteiger partial charge in [-0.2, -0.15) is 5.26 Å². The van der Waals surface area contributed by atoms with E-state index in [1.807, 2.05) is 39.0 Å². The lowest BCUT2D eigenvalue weighted by molar-refractivity contribution is -0.112. The van der Waals surface area contributed by atoms with Crippen LogP contribution >= 0.6 is 0 Å². The highest BCUT2D eigenvalue weighted by Gasteiger charge is 2.34. The average molecular weight is 402 g/mol. The van der Waals surface area contributed by atoms with E-state index in [1.54, 1.807) is 6.08 Å². The van der Waals surface area contributed by atoms with Crippen molar-refractivity contribution in [3.05, 3.63) is 63.7 Å². The van der Waals surface area contributed by atoms with Gasteiger partial charge in [-0.15, -0.1) is 0 Å². The molecule has 4 heteroatoms. The summed E-state index contributed by atoms with van der Waals surface area (Å²) in [5, 5.41) is 12.5. The van der Waals surface area contributed by atoms with Crippen LogP contribution in [0.2, 0.25) is 0 Å². The van der Waals surface area contributed by atoms with Crippen LogP contribution in [-0.2, 0) is 4.79 Å². The maximum atomic E-state index is 12.8. The number of fused-ring (bicyclic) bond motifs is 1. The summed E-state index contributed by atoms with van der Waals surface area (Å²) in [4.78, 5) is 15.1. The highest BCUT2D eigenvalue weighted by Crippen LogP contribution is 2.43. The first kappa shape index (κ1) is 21.6. The molecule has 3 rings (SSSR count). The van der Waals surface area contributed by atoms with Gasteiger partial charge in [0, 0.05) is 24.0 Å². The molecule has 0 radical (unpaired) electrons. The fourth-order valence-electron chi connectivity index (χ4n) is 4.44. The van der Waals surface area contributed by atoms with E-state index in [-0.39, 0.29) is 17.0 Å². The van der Waals surface area contributed by atoms with Crippen molar-refractivity contribution in [2.45, 2.75) is 59.4 Å². The van der Waals surface area contributed by atoms with E-state index in [1.165, 1.54) is 11.3 Å². The highest BCUT2D eigenvalue weighted by molar-refractivity contribution is 6.09. The van der Waals surface area contributed by atoms with E-state index < -0.39 is 0 Å². The van der Waals surface area contributed by atoms with Crippen LogP contribution in [-0.4, -0.2) is 18.5 Å². The Bertz CT molecular complexity index is 1050. The second-order valence-corrected chi connectivity index (χ2v) is 9.24. The van der Waals surface area contributed by atoms with E-state index in [2.05, 4.69) is 56.2 Å². The van der Waals surface area contributed by atoms with Crippen molar-refractivity contribution in [1.82, 2.24) is 0 Å². The molecule has 4 nitrogen and oxygen atoms in total. The van der Waals surface area contributed by atoms with E-state index >= 15 is 0 Å². The van der Waals surface area contributed by atoms with Crippen LogP contribution in [0.1, 0.15) is 60.9 Å². The largest absolute Gasteiger partial charge is 0.369 e. The molecule has 0 aromatic heterocycles. The molecule has 0 spiro atoms. The first-order chi connectivity index (χ1) is 14.0. The van der Waals surface area contributed by atoms with Gasteiger partial charge < -0.3 is 10.2 Å². The minimum atomic E-state index is -0.383. The van der Waals surface area contributed by atoms with Gasteiger partial charge >= 0.3 is 0 Å². The molecule has 0 bridgehead atoms. The molecule has 2 aromatic carbocycles. The molecule has 0 aliphatic carbocycles. The van der Waals surface area contributed by atoms with Crippen molar-refractivity contribution in [2.24, 2.45) is 0 Å². The number of anilines is 2. The van der Waals surface area contributed by atoms with Gasteiger partial charge in [-0.25, -0.2) is 0 Å². The van der Waals surface area contributed by atoms with Crippen molar-refractivity contribution in [3.8, 4) is 6.07 Å². The number of benzene rings is 2. The Balaban J connectivity index is 1.95. The Morgan fingerprint density at radius 3 is 2.40 bits per heavy atom. The molecule has 0 fully saturated rings. The number of nitriles is 1. The molecule has 1 aliphatic rings. The van der Waals surface area contributed by atoms with Gasteiger partial charge in [-0.1, -0.05) is 13.0 Å². The third-order valence-electron chi connectivity index (χ3n) is 6.17.